The van der Waals surface area contributed by atoms with Gasteiger partial charge in [0.05, 0.1) is 6.20 Å². The summed E-state index contributed by atoms with van der Waals surface area (Å²) in [6, 6.07) is 5.96. The number of aromatic nitrogens is 4. The zero-order chi connectivity index (χ0) is 21.4. The largest absolute Gasteiger partial charge is 0.382 e. The highest BCUT2D eigenvalue weighted by Crippen LogP contribution is 2.25. The minimum Gasteiger partial charge on any atom is -0.382 e. The number of hydrogen-bond acceptors (Lipinski definition) is 6. The average molecular weight is 414 g/mol. The van der Waals surface area contributed by atoms with Crippen molar-refractivity contribution in [3.05, 3.63) is 71.9 Å². The third-order valence-electron chi connectivity index (χ3n) is 4.28. The molecule has 0 saturated carbocycles. The predicted molar refractivity (Wildman–Crippen MR) is 101 cm³/mol. The van der Waals surface area contributed by atoms with E-state index >= 15 is 0 Å². The van der Waals surface area contributed by atoms with Crippen LogP contribution in [0.2, 0.25) is 0 Å². The van der Waals surface area contributed by atoms with E-state index in [4.69, 9.17) is 5.73 Å². The fourth-order valence-corrected chi connectivity index (χ4v) is 2.92. The molecule has 0 saturated heterocycles. The Labute approximate surface area is 166 Å². The minimum absolute atomic E-state index is 0.0119. The topological polar surface area (TPSA) is 119 Å². The molecule has 1 atom stereocenters. The van der Waals surface area contributed by atoms with E-state index in [1.165, 1.54) is 29.3 Å². The van der Waals surface area contributed by atoms with Gasteiger partial charge in [-0.25, -0.2) is 27.8 Å². The molecule has 152 valence electrons. The van der Waals surface area contributed by atoms with E-state index < -0.39 is 29.5 Å². The van der Waals surface area contributed by atoms with E-state index in [2.05, 4.69) is 20.4 Å². The summed E-state index contributed by atoms with van der Waals surface area (Å²) in [6.45, 7) is 0. The maximum Gasteiger partial charge on any atom is 0.257 e. The molecule has 2 aromatic heterocycles. The molecule has 4 N–H and O–H groups in total. The number of hydrogen-bond donors (Lipinski definition) is 3. The lowest BCUT2D eigenvalue weighted by Crippen LogP contribution is -2.21. The van der Waals surface area contributed by atoms with Gasteiger partial charge >= 0.3 is 0 Å². The lowest BCUT2D eigenvalue weighted by molar-refractivity contribution is -0.124. The van der Waals surface area contributed by atoms with Gasteiger partial charge in [-0.1, -0.05) is 0 Å². The van der Waals surface area contributed by atoms with Crippen LogP contribution in [-0.4, -0.2) is 30.8 Å². The highest BCUT2D eigenvalue weighted by molar-refractivity contribution is 5.94. The fraction of sp³-hybridized carbons (Fsp3) is 0.0526. The Bertz CT molecular complexity index is 1260. The van der Waals surface area contributed by atoms with Gasteiger partial charge in [-0.3, -0.25) is 4.79 Å². The van der Waals surface area contributed by atoms with Gasteiger partial charge in [0.1, 0.15) is 34.7 Å². The van der Waals surface area contributed by atoms with Crippen molar-refractivity contribution < 1.29 is 23.1 Å². The van der Waals surface area contributed by atoms with E-state index in [1.54, 1.807) is 0 Å². The summed E-state index contributed by atoms with van der Waals surface area (Å²) in [7, 11) is 0. The number of nitrogens with two attached hydrogens (primary N) is 1. The first-order valence-electron chi connectivity index (χ1n) is 8.52. The molecular weight excluding hydrogens is 401 g/mol. The summed E-state index contributed by atoms with van der Waals surface area (Å²) >= 11 is 0. The van der Waals surface area contributed by atoms with Gasteiger partial charge in [0.2, 0.25) is 0 Å². The summed E-state index contributed by atoms with van der Waals surface area (Å²) in [5.74, 6) is -3.52. The highest BCUT2D eigenvalue weighted by Gasteiger charge is 2.20. The standard InChI is InChI=1S/C19H13F3N6O2/c20-10-3-9(4-11(21)5-10)17(29)19(30)27-12-1-2-15(13(22)6-12)28-16-14(7-26-28)24-8-25-18(16)23/h1-8,17,29H,(H,27,30)(H2,23,24,25). The molecule has 4 aromatic rings. The summed E-state index contributed by atoms with van der Waals surface area (Å²) in [5, 5.41) is 16.4. The van der Waals surface area contributed by atoms with Gasteiger partial charge in [-0.05, 0) is 35.9 Å². The second kappa shape index (κ2) is 7.44. The lowest BCUT2D eigenvalue weighted by Gasteiger charge is -2.13. The van der Waals surface area contributed by atoms with Gasteiger partial charge in [0.25, 0.3) is 5.91 Å². The number of rotatable bonds is 4. The van der Waals surface area contributed by atoms with Gasteiger partial charge in [0, 0.05) is 11.8 Å². The van der Waals surface area contributed by atoms with Gasteiger partial charge in [-0.15, -0.1) is 0 Å². The Morgan fingerprint density at radius 2 is 1.83 bits per heavy atom. The quantitative estimate of drug-likeness (QED) is 0.472. The number of aliphatic hydroxyl groups excluding tert-OH is 1. The maximum atomic E-state index is 14.7. The van der Waals surface area contributed by atoms with Crippen molar-refractivity contribution in [2.45, 2.75) is 6.10 Å². The third kappa shape index (κ3) is 3.53. The number of aliphatic hydroxyl groups is 1. The number of benzene rings is 2. The molecule has 0 aliphatic heterocycles. The van der Waals surface area contributed by atoms with Gasteiger partial charge < -0.3 is 16.2 Å². The first-order chi connectivity index (χ1) is 14.3. The number of carbonyl (C=O) groups excluding carboxylic acids is 1. The van der Waals surface area contributed by atoms with E-state index in [0.29, 0.717) is 17.1 Å². The zero-order valence-corrected chi connectivity index (χ0v) is 15.1. The van der Waals surface area contributed by atoms with Crippen LogP contribution >= 0.6 is 0 Å². The molecule has 0 bridgehead atoms. The highest BCUT2D eigenvalue weighted by atomic mass is 19.1. The Balaban J connectivity index is 1.59. The number of nitrogens with zero attached hydrogens (tertiary/aromatic N) is 4. The Morgan fingerprint density at radius 3 is 2.53 bits per heavy atom. The van der Waals surface area contributed by atoms with E-state index in [1.807, 2.05) is 0 Å². The average Bonchev–Trinajstić information content (AvgIpc) is 3.12. The maximum absolute atomic E-state index is 14.7. The second-order valence-corrected chi connectivity index (χ2v) is 6.31. The molecule has 4 rings (SSSR count). The monoisotopic (exact) mass is 414 g/mol. The number of nitrogens with one attached hydrogen (secondary N) is 1. The van der Waals surface area contributed by atoms with Crippen LogP contribution in [0.3, 0.4) is 0 Å². The van der Waals surface area contributed by atoms with Crippen LogP contribution < -0.4 is 11.1 Å². The van der Waals surface area contributed by atoms with Crippen molar-refractivity contribution in [1.82, 2.24) is 19.7 Å². The van der Waals surface area contributed by atoms with Crippen LogP contribution in [-0.2, 0) is 4.79 Å². The smallest absolute Gasteiger partial charge is 0.257 e. The number of halogens is 3. The van der Waals surface area contributed by atoms with Crippen molar-refractivity contribution >= 4 is 28.4 Å². The third-order valence-corrected chi connectivity index (χ3v) is 4.28. The zero-order valence-electron chi connectivity index (χ0n) is 15.1. The van der Waals surface area contributed by atoms with Crippen molar-refractivity contribution in [3.8, 4) is 5.69 Å². The minimum atomic E-state index is -1.86. The molecular formula is C19H13F3N6O2. The van der Waals surface area contributed by atoms with Gasteiger partial charge in [-0.2, -0.15) is 5.10 Å². The van der Waals surface area contributed by atoms with Crippen LogP contribution in [0.15, 0.2) is 48.9 Å². The molecule has 1 amide bonds. The van der Waals surface area contributed by atoms with Crippen LogP contribution in [0, 0.1) is 17.5 Å². The predicted octanol–water partition coefficient (Wildman–Crippen LogP) is 2.49. The van der Waals surface area contributed by atoms with E-state index in [9.17, 15) is 23.1 Å². The fourth-order valence-electron chi connectivity index (χ4n) is 2.92. The first-order valence-corrected chi connectivity index (χ1v) is 8.52. The lowest BCUT2D eigenvalue weighted by atomic mass is 10.1. The number of anilines is 2. The molecule has 0 spiro atoms. The molecule has 11 heteroatoms. The number of fused-ring (bicyclic) bond motifs is 1. The summed E-state index contributed by atoms with van der Waals surface area (Å²) in [4.78, 5) is 20.1. The SMILES string of the molecule is Nc1ncnc2cnn(-c3ccc(NC(=O)C(O)c4cc(F)cc(F)c4)cc3F)c12. The Hall–Kier alpha value is -3.99. The Morgan fingerprint density at radius 1 is 1.10 bits per heavy atom. The molecule has 0 aliphatic rings. The number of carbonyl (C=O) groups is 1. The molecule has 1 unspecified atom stereocenters. The van der Waals surface area contributed by atoms with Crippen molar-refractivity contribution in [2.75, 3.05) is 11.1 Å². The molecule has 2 aromatic carbocycles. The van der Waals surface area contributed by atoms with Crippen LogP contribution in [0.4, 0.5) is 24.7 Å². The van der Waals surface area contributed by atoms with E-state index in [0.717, 1.165) is 18.2 Å². The van der Waals surface area contributed by atoms with Crippen LogP contribution in [0.5, 0.6) is 0 Å². The van der Waals surface area contributed by atoms with Crippen molar-refractivity contribution in [2.24, 2.45) is 0 Å². The van der Waals surface area contributed by atoms with Crippen LogP contribution in [0.25, 0.3) is 16.7 Å². The molecule has 0 aliphatic carbocycles. The summed E-state index contributed by atoms with van der Waals surface area (Å²) < 4.78 is 42.5. The molecule has 0 radical (unpaired) electrons. The molecule has 30 heavy (non-hydrogen) atoms. The van der Waals surface area contributed by atoms with Crippen LogP contribution in [0.1, 0.15) is 11.7 Å². The molecule has 8 nitrogen and oxygen atoms in total. The number of nitrogen functional groups attached to an aromatic ring is 1. The number of amides is 1. The second-order valence-electron chi connectivity index (χ2n) is 6.31. The Kier molecular flexibility index (Phi) is 4.80. The van der Waals surface area contributed by atoms with Gasteiger partial charge in [0.15, 0.2) is 17.7 Å². The first kappa shape index (κ1) is 19.3. The van der Waals surface area contributed by atoms with E-state index in [-0.39, 0.29) is 22.8 Å². The summed E-state index contributed by atoms with van der Waals surface area (Å²) in [6.07, 6.45) is 0.802. The van der Waals surface area contributed by atoms with Crippen molar-refractivity contribution in [3.63, 3.8) is 0 Å². The summed E-state index contributed by atoms with van der Waals surface area (Å²) in [5.41, 5.74) is 6.32. The molecule has 0 fully saturated rings. The molecule has 2 heterocycles. The van der Waals surface area contributed by atoms with Crippen molar-refractivity contribution in [1.29, 1.82) is 0 Å². The normalized spacial score (nSPS) is 12.1.